The summed E-state index contributed by atoms with van der Waals surface area (Å²) in [6.07, 6.45) is 6.52. The van der Waals surface area contributed by atoms with Crippen molar-refractivity contribution in [3.8, 4) is 67.2 Å². The van der Waals surface area contributed by atoms with E-state index in [1.807, 2.05) is 113 Å². The number of nitrogens with zero attached hydrogens (tertiary/aromatic N) is 3. The maximum absolute atomic E-state index is 13.6. The fraction of sp³-hybridized carbons (Fsp3) is 0.172. The smallest absolute Gasteiger partial charge is 0.255 e. The van der Waals surface area contributed by atoms with E-state index in [-0.39, 0.29) is 35.3 Å². The number of pyridine rings is 1. The van der Waals surface area contributed by atoms with Crippen LogP contribution in [0.5, 0.6) is 0 Å². The Labute approximate surface area is 455 Å². The van der Waals surface area contributed by atoms with Crippen LogP contribution in [0.3, 0.4) is 0 Å². The van der Waals surface area contributed by atoms with Crippen LogP contribution in [-0.2, 0) is 0 Å². The molecule has 0 saturated carbocycles. The third kappa shape index (κ3) is 11.9. The molecule has 4 aromatic heterocycles. The van der Waals surface area contributed by atoms with Gasteiger partial charge < -0.3 is 30.1 Å². The molecule has 4 heterocycles. The molecule has 0 fully saturated rings. The molecule has 0 bridgehead atoms. The number of amides is 4. The first-order chi connectivity index (χ1) is 38.1. The standard InChI is InChI=1S/C33H30FN3O3.C31H27FN4O3/c1-19(2)18-37-32(38)27-16-22(9-13-26(27)25-6-5-15-36-20(25)3)23-10-14-29-28(17-23)30(33(39)35-4)31(40-29)21-7-11-24(34)12-8-21;1-18(2)14-36-30(37)25-12-20(6-10-24(25)22-15-34-17-35-16-22)21-7-11-27-26(13-21)28(31(38)33-3)29(39-27)19-4-8-23(32)9-5-19/h5-17,19H,18H2,1-4H3,(H,35,39)(H,37,38);4-13,15-18H,14H2,1-3H3,(H,33,38)(H,36,37). The van der Waals surface area contributed by atoms with Gasteiger partial charge >= 0.3 is 0 Å². The molecule has 4 N–H and O–H groups in total. The number of hydrogen-bond acceptors (Lipinski definition) is 9. The van der Waals surface area contributed by atoms with Crippen molar-refractivity contribution in [1.29, 1.82) is 0 Å². The summed E-state index contributed by atoms with van der Waals surface area (Å²) in [4.78, 5) is 65.2. The number of hydrogen-bond donors (Lipinski definition) is 4. The van der Waals surface area contributed by atoms with Gasteiger partial charge in [-0.2, -0.15) is 0 Å². The molecule has 10 rings (SSSR count). The fourth-order valence-corrected chi connectivity index (χ4v) is 9.17. The predicted molar refractivity (Wildman–Crippen MR) is 304 cm³/mol. The number of benzene rings is 6. The summed E-state index contributed by atoms with van der Waals surface area (Å²) in [7, 11) is 3.11. The lowest BCUT2D eigenvalue weighted by molar-refractivity contribution is 0.0941. The van der Waals surface area contributed by atoms with Crippen LogP contribution in [0, 0.1) is 30.4 Å². The Balaban J connectivity index is 0.000000192. The van der Waals surface area contributed by atoms with Crippen molar-refractivity contribution in [3.05, 3.63) is 198 Å². The summed E-state index contributed by atoms with van der Waals surface area (Å²) < 4.78 is 39.3. The first kappa shape index (κ1) is 54.2. The molecule has 0 spiro atoms. The first-order valence-electron chi connectivity index (χ1n) is 25.7. The molecule has 0 saturated heterocycles. The lowest BCUT2D eigenvalue weighted by Gasteiger charge is -2.15. The van der Waals surface area contributed by atoms with Gasteiger partial charge in [0.1, 0.15) is 40.6 Å². The number of carbonyl (C=O) groups excluding carboxylic acids is 4. The number of rotatable bonds is 14. The number of furan rings is 2. The minimum atomic E-state index is -0.377. The van der Waals surface area contributed by atoms with E-state index in [4.69, 9.17) is 8.83 Å². The van der Waals surface area contributed by atoms with Gasteiger partial charge in [-0.05, 0) is 143 Å². The molecule has 6 aromatic carbocycles. The zero-order valence-corrected chi connectivity index (χ0v) is 44.6. The van der Waals surface area contributed by atoms with Gasteiger partial charge in [-0.25, -0.2) is 18.7 Å². The Hall–Kier alpha value is -9.63. The molecule has 10 aromatic rings. The van der Waals surface area contributed by atoms with Crippen LogP contribution in [-0.4, -0.2) is 65.8 Å². The van der Waals surface area contributed by atoms with E-state index in [1.165, 1.54) is 30.6 Å². The highest BCUT2D eigenvalue weighted by Crippen LogP contribution is 2.40. The Bertz CT molecular complexity index is 3890. The zero-order chi connectivity index (χ0) is 55.9. The lowest BCUT2D eigenvalue weighted by atomic mass is 9.93. The monoisotopic (exact) mass is 1060 g/mol. The van der Waals surface area contributed by atoms with Crippen LogP contribution in [0.25, 0.3) is 89.1 Å². The molecule has 398 valence electrons. The van der Waals surface area contributed by atoms with Crippen molar-refractivity contribution < 1.29 is 36.8 Å². The SMILES string of the molecule is CNC(=O)c1c(-c2ccc(F)cc2)oc2ccc(-c3ccc(-c4cccnc4C)c(C(=O)NCC(C)C)c3)cc12.CNC(=O)c1c(-c2ccc(F)cc2)oc2ccc(-c3ccc(-c4cncnc4)c(C(=O)NCC(C)C)c3)cc12. The van der Waals surface area contributed by atoms with Crippen molar-refractivity contribution in [1.82, 2.24) is 36.2 Å². The van der Waals surface area contributed by atoms with Crippen LogP contribution in [0.2, 0.25) is 0 Å². The summed E-state index contributed by atoms with van der Waals surface area (Å²) in [5, 5.41) is 12.6. The van der Waals surface area contributed by atoms with Crippen LogP contribution < -0.4 is 21.3 Å². The molecule has 0 atom stereocenters. The van der Waals surface area contributed by atoms with Crippen molar-refractivity contribution in [2.75, 3.05) is 27.2 Å². The summed E-state index contributed by atoms with van der Waals surface area (Å²) >= 11 is 0. The fourth-order valence-electron chi connectivity index (χ4n) is 9.17. The van der Waals surface area contributed by atoms with E-state index in [0.29, 0.717) is 91.8 Å². The average Bonchev–Trinajstić information content (AvgIpc) is 4.31. The average molecular weight is 1060 g/mol. The maximum atomic E-state index is 13.6. The quantitative estimate of drug-likeness (QED) is 0.0824. The molecular formula is C64H57F2N7O6. The van der Waals surface area contributed by atoms with Crippen LogP contribution >= 0.6 is 0 Å². The Morgan fingerprint density at radius 1 is 0.494 bits per heavy atom. The van der Waals surface area contributed by atoms with Gasteiger partial charge in [-0.1, -0.05) is 70.2 Å². The molecule has 4 amide bonds. The Kier molecular flexibility index (Phi) is 16.3. The van der Waals surface area contributed by atoms with Gasteiger partial charge in [-0.3, -0.25) is 24.2 Å². The maximum Gasteiger partial charge on any atom is 0.255 e. The summed E-state index contributed by atoms with van der Waals surface area (Å²) in [5.74, 6) is -0.428. The Morgan fingerprint density at radius 3 is 1.35 bits per heavy atom. The topological polar surface area (TPSA) is 181 Å². The minimum absolute atomic E-state index is 0.164. The largest absolute Gasteiger partial charge is 0.455 e. The number of halogens is 2. The van der Waals surface area contributed by atoms with Gasteiger partial charge in [0.05, 0.1) is 11.1 Å². The van der Waals surface area contributed by atoms with E-state index < -0.39 is 0 Å². The third-order valence-corrected chi connectivity index (χ3v) is 13.2. The van der Waals surface area contributed by atoms with E-state index >= 15 is 0 Å². The normalized spacial score (nSPS) is 11.1. The van der Waals surface area contributed by atoms with Crippen LogP contribution in [0.1, 0.15) is 74.8 Å². The van der Waals surface area contributed by atoms with E-state index in [2.05, 4.69) is 36.2 Å². The summed E-state index contributed by atoms with van der Waals surface area (Å²) in [5.41, 5.74) is 11.2. The van der Waals surface area contributed by atoms with Crippen molar-refractivity contribution in [2.24, 2.45) is 11.8 Å². The number of fused-ring (bicyclic) bond motifs is 2. The minimum Gasteiger partial charge on any atom is -0.455 e. The highest BCUT2D eigenvalue weighted by Gasteiger charge is 2.25. The van der Waals surface area contributed by atoms with Gasteiger partial charge in [-0.15, -0.1) is 0 Å². The third-order valence-electron chi connectivity index (χ3n) is 13.2. The highest BCUT2D eigenvalue weighted by atomic mass is 19.1. The summed E-state index contributed by atoms with van der Waals surface area (Å²) in [6, 6.07) is 38.0. The van der Waals surface area contributed by atoms with Crippen molar-refractivity contribution in [2.45, 2.75) is 34.6 Å². The van der Waals surface area contributed by atoms with E-state index in [1.54, 1.807) is 63.0 Å². The molecule has 0 unspecified atom stereocenters. The first-order valence-corrected chi connectivity index (χ1v) is 25.7. The van der Waals surface area contributed by atoms with Gasteiger partial charge in [0.15, 0.2) is 0 Å². The van der Waals surface area contributed by atoms with Crippen LogP contribution in [0.4, 0.5) is 8.78 Å². The lowest BCUT2D eigenvalue weighted by Crippen LogP contribution is -2.27. The Morgan fingerprint density at radius 2 is 0.911 bits per heavy atom. The zero-order valence-electron chi connectivity index (χ0n) is 44.6. The highest BCUT2D eigenvalue weighted by molar-refractivity contribution is 6.13. The second kappa shape index (κ2) is 23.7. The second-order valence-electron chi connectivity index (χ2n) is 19.7. The van der Waals surface area contributed by atoms with Crippen LogP contribution in [0.15, 0.2) is 167 Å². The summed E-state index contributed by atoms with van der Waals surface area (Å²) in [6.45, 7) is 11.2. The molecular weight excluding hydrogens is 1000 g/mol. The van der Waals surface area contributed by atoms with Crippen molar-refractivity contribution >= 4 is 45.6 Å². The van der Waals surface area contributed by atoms with E-state index in [9.17, 15) is 28.0 Å². The van der Waals surface area contributed by atoms with Gasteiger partial charge in [0, 0.05) is 95.6 Å². The molecule has 15 heteroatoms. The van der Waals surface area contributed by atoms with E-state index in [0.717, 1.165) is 50.2 Å². The second-order valence-corrected chi connectivity index (χ2v) is 19.7. The molecule has 13 nitrogen and oxygen atoms in total. The molecule has 0 aliphatic carbocycles. The number of carbonyl (C=O) groups is 4. The van der Waals surface area contributed by atoms with Gasteiger partial charge in [0.25, 0.3) is 23.6 Å². The molecule has 0 aliphatic rings. The number of aromatic nitrogens is 3. The van der Waals surface area contributed by atoms with Crippen molar-refractivity contribution in [3.63, 3.8) is 0 Å². The number of nitrogens with one attached hydrogen (secondary N) is 4. The molecule has 0 aliphatic heterocycles. The molecule has 79 heavy (non-hydrogen) atoms. The number of aryl methyl sites for hydroxylation is 1. The van der Waals surface area contributed by atoms with Gasteiger partial charge in [0.2, 0.25) is 0 Å². The molecule has 0 radical (unpaired) electrons. The predicted octanol–water partition coefficient (Wildman–Crippen LogP) is 13.1.